The molecule has 0 radical (unpaired) electrons. The van der Waals surface area contributed by atoms with Crippen LogP contribution >= 0.6 is 0 Å². The predicted molar refractivity (Wildman–Crippen MR) is 95.7 cm³/mol. The number of carbonyl (C=O) groups excluding carboxylic acids is 1. The summed E-state index contributed by atoms with van der Waals surface area (Å²) in [5, 5.41) is 8.76. The second kappa shape index (κ2) is 7.00. The Hall–Kier alpha value is -2.15. The van der Waals surface area contributed by atoms with Crippen LogP contribution in [0.2, 0.25) is 0 Å². The van der Waals surface area contributed by atoms with Gasteiger partial charge in [0, 0.05) is 56.6 Å². The highest BCUT2D eigenvalue weighted by atomic mass is 16.1. The van der Waals surface area contributed by atoms with E-state index in [0.717, 1.165) is 30.9 Å². The minimum Gasteiger partial charge on any atom is -0.369 e. The maximum absolute atomic E-state index is 12.0. The predicted octanol–water partition coefficient (Wildman–Crippen LogP) is 1.28. The summed E-state index contributed by atoms with van der Waals surface area (Å²) in [4.78, 5) is 14.3. The summed E-state index contributed by atoms with van der Waals surface area (Å²) in [5.41, 5.74) is 9.09. The molecule has 1 fully saturated rings. The van der Waals surface area contributed by atoms with Crippen LogP contribution in [0, 0.1) is 18.8 Å². The van der Waals surface area contributed by atoms with Gasteiger partial charge in [0.2, 0.25) is 5.91 Å². The zero-order valence-electron chi connectivity index (χ0n) is 15.5. The fraction of sp³-hybridized carbons (Fsp3) is 0.611. The third kappa shape index (κ3) is 3.76. The molecule has 136 valence electrons. The van der Waals surface area contributed by atoms with Crippen molar-refractivity contribution in [3.05, 3.63) is 35.4 Å². The fourth-order valence-corrected chi connectivity index (χ4v) is 3.72. The van der Waals surface area contributed by atoms with Crippen molar-refractivity contribution in [2.24, 2.45) is 24.6 Å². The van der Waals surface area contributed by atoms with E-state index in [4.69, 9.17) is 5.73 Å². The lowest BCUT2D eigenvalue weighted by Gasteiger charge is -2.15. The van der Waals surface area contributed by atoms with Gasteiger partial charge in [0.25, 0.3) is 0 Å². The summed E-state index contributed by atoms with van der Waals surface area (Å²) in [6.45, 7) is 9.61. The number of nitrogens with zero attached hydrogens (tertiary/aromatic N) is 5. The molecule has 2 N–H and O–H groups in total. The molecule has 1 amide bonds. The number of carbonyl (C=O) groups is 1. The number of rotatable bonds is 6. The van der Waals surface area contributed by atoms with Crippen molar-refractivity contribution in [2.45, 2.75) is 39.8 Å². The van der Waals surface area contributed by atoms with Crippen molar-refractivity contribution in [1.82, 2.24) is 24.5 Å². The number of primary amides is 1. The van der Waals surface area contributed by atoms with E-state index < -0.39 is 0 Å². The molecule has 25 heavy (non-hydrogen) atoms. The smallest absolute Gasteiger partial charge is 0.222 e. The summed E-state index contributed by atoms with van der Waals surface area (Å²) in [6, 6.07) is 0. The normalized spacial score (nSPS) is 21.3. The molecule has 3 heterocycles. The van der Waals surface area contributed by atoms with Crippen LogP contribution in [-0.4, -0.2) is 43.5 Å². The quantitative estimate of drug-likeness (QED) is 0.856. The minimum absolute atomic E-state index is 0.108. The van der Waals surface area contributed by atoms with Crippen LogP contribution in [0.3, 0.4) is 0 Å². The van der Waals surface area contributed by atoms with Gasteiger partial charge in [0.05, 0.1) is 18.3 Å². The molecule has 0 aliphatic carbocycles. The summed E-state index contributed by atoms with van der Waals surface area (Å²) < 4.78 is 3.84. The van der Waals surface area contributed by atoms with Gasteiger partial charge in [-0.15, -0.1) is 0 Å². The number of aryl methyl sites for hydroxylation is 1. The highest BCUT2D eigenvalue weighted by Crippen LogP contribution is 2.34. The topological polar surface area (TPSA) is 82.0 Å². The maximum atomic E-state index is 12.0. The standard InChI is InChI=1S/C18H28N6O/c1-12(2)7-24-9-14(5-21-24)8-23-10-16(17(11-23)18(19)25)15-6-20-22(4)13(15)3/h5-6,9,12,16-17H,7-8,10-11H2,1-4H3,(H2,19,25)/t16-,17+/m1/s1. The molecule has 0 spiro atoms. The molecule has 0 unspecified atom stereocenters. The highest BCUT2D eigenvalue weighted by molar-refractivity contribution is 5.78. The summed E-state index contributed by atoms with van der Waals surface area (Å²) in [7, 11) is 1.92. The molecule has 0 aromatic carbocycles. The van der Waals surface area contributed by atoms with Gasteiger partial charge in [-0.05, 0) is 18.4 Å². The largest absolute Gasteiger partial charge is 0.369 e. The van der Waals surface area contributed by atoms with Crippen LogP contribution in [-0.2, 0) is 24.9 Å². The van der Waals surface area contributed by atoms with E-state index in [1.165, 1.54) is 5.56 Å². The number of nitrogens with two attached hydrogens (primary N) is 1. The molecule has 7 nitrogen and oxygen atoms in total. The minimum atomic E-state index is -0.230. The first-order chi connectivity index (χ1) is 11.8. The summed E-state index contributed by atoms with van der Waals surface area (Å²) >= 11 is 0. The Kier molecular flexibility index (Phi) is 4.94. The van der Waals surface area contributed by atoms with Crippen molar-refractivity contribution in [3.8, 4) is 0 Å². The van der Waals surface area contributed by atoms with E-state index in [0.29, 0.717) is 12.5 Å². The first-order valence-corrected chi connectivity index (χ1v) is 8.86. The second-order valence-electron chi connectivity index (χ2n) is 7.58. The van der Waals surface area contributed by atoms with Crippen LogP contribution in [0.5, 0.6) is 0 Å². The van der Waals surface area contributed by atoms with Crippen molar-refractivity contribution < 1.29 is 4.79 Å². The number of hydrogen-bond acceptors (Lipinski definition) is 4. The molecule has 7 heteroatoms. The molecule has 0 bridgehead atoms. The van der Waals surface area contributed by atoms with Gasteiger partial charge in [0.15, 0.2) is 0 Å². The van der Waals surface area contributed by atoms with Gasteiger partial charge in [0.1, 0.15) is 0 Å². The number of aromatic nitrogens is 4. The van der Waals surface area contributed by atoms with E-state index >= 15 is 0 Å². The lowest BCUT2D eigenvalue weighted by molar-refractivity contribution is -0.121. The number of likely N-dealkylation sites (tertiary alicyclic amines) is 1. The first-order valence-electron chi connectivity index (χ1n) is 8.86. The van der Waals surface area contributed by atoms with E-state index in [9.17, 15) is 4.79 Å². The first kappa shape index (κ1) is 17.7. The molecular formula is C18H28N6O. The molecular weight excluding hydrogens is 316 g/mol. The maximum Gasteiger partial charge on any atom is 0.222 e. The molecule has 0 saturated carbocycles. The van der Waals surface area contributed by atoms with Crippen molar-refractivity contribution in [3.63, 3.8) is 0 Å². The van der Waals surface area contributed by atoms with E-state index in [-0.39, 0.29) is 17.7 Å². The van der Waals surface area contributed by atoms with Crippen molar-refractivity contribution in [2.75, 3.05) is 13.1 Å². The lowest BCUT2D eigenvalue weighted by atomic mass is 9.89. The van der Waals surface area contributed by atoms with Crippen LogP contribution in [0.25, 0.3) is 0 Å². The van der Waals surface area contributed by atoms with Gasteiger partial charge < -0.3 is 5.73 Å². The molecule has 1 saturated heterocycles. The fourth-order valence-electron chi connectivity index (χ4n) is 3.72. The van der Waals surface area contributed by atoms with Crippen LogP contribution in [0.15, 0.2) is 18.6 Å². The average molecular weight is 344 g/mol. The van der Waals surface area contributed by atoms with E-state index in [1.807, 2.05) is 35.7 Å². The third-order valence-electron chi connectivity index (χ3n) is 5.08. The van der Waals surface area contributed by atoms with E-state index in [2.05, 4.69) is 35.1 Å². The van der Waals surface area contributed by atoms with Gasteiger partial charge in [-0.25, -0.2) is 0 Å². The summed E-state index contributed by atoms with van der Waals surface area (Å²) in [5.74, 6) is 0.272. The van der Waals surface area contributed by atoms with Crippen LogP contribution in [0.1, 0.15) is 36.6 Å². The lowest BCUT2D eigenvalue weighted by Crippen LogP contribution is -2.29. The third-order valence-corrected chi connectivity index (χ3v) is 5.08. The van der Waals surface area contributed by atoms with Crippen molar-refractivity contribution in [1.29, 1.82) is 0 Å². The van der Waals surface area contributed by atoms with E-state index in [1.54, 1.807) is 0 Å². The zero-order chi connectivity index (χ0) is 18.1. The Morgan fingerprint density at radius 3 is 2.68 bits per heavy atom. The van der Waals surface area contributed by atoms with Gasteiger partial charge in [-0.3, -0.25) is 19.1 Å². The Balaban J connectivity index is 1.73. The Morgan fingerprint density at radius 2 is 2.08 bits per heavy atom. The number of amides is 1. The zero-order valence-corrected chi connectivity index (χ0v) is 15.5. The van der Waals surface area contributed by atoms with Gasteiger partial charge >= 0.3 is 0 Å². The average Bonchev–Trinajstić information content (AvgIpc) is 3.21. The second-order valence-corrected chi connectivity index (χ2v) is 7.58. The highest BCUT2D eigenvalue weighted by Gasteiger charge is 2.38. The molecule has 1 aliphatic heterocycles. The Labute approximate surface area is 148 Å². The van der Waals surface area contributed by atoms with Gasteiger partial charge in [-0.1, -0.05) is 13.8 Å². The monoisotopic (exact) mass is 344 g/mol. The molecule has 2 atom stereocenters. The number of hydrogen-bond donors (Lipinski definition) is 1. The Bertz CT molecular complexity index is 747. The van der Waals surface area contributed by atoms with Crippen molar-refractivity contribution >= 4 is 5.91 Å². The van der Waals surface area contributed by atoms with Crippen LogP contribution in [0.4, 0.5) is 0 Å². The van der Waals surface area contributed by atoms with Gasteiger partial charge in [-0.2, -0.15) is 10.2 Å². The molecule has 2 aromatic heterocycles. The SMILES string of the molecule is Cc1c([C@H]2CN(Cc3cnn(CC(C)C)c3)C[C@@H]2C(N)=O)cnn1C. The Morgan fingerprint density at radius 1 is 1.32 bits per heavy atom. The molecule has 3 rings (SSSR count). The molecule has 2 aromatic rings. The van der Waals surface area contributed by atoms with Crippen LogP contribution < -0.4 is 5.73 Å². The molecule has 1 aliphatic rings. The summed E-state index contributed by atoms with van der Waals surface area (Å²) in [6.07, 6.45) is 5.90.